The molecule has 1 aliphatic carbocycles. The zero-order valence-electron chi connectivity index (χ0n) is 12.5. The van der Waals surface area contributed by atoms with Gasteiger partial charge in [0.25, 0.3) is 0 Å². The average molecular weight is 264 g/mol. The van der Waals surface area contributed by atoms with E-state index in [-0.39, 0.29) is 5.54 Å². The topological polar surface area (TPSA) is 42.3 Å². The minimum absolute atomic E-state index is 0.235. The van der Waals surface area contributed by atoms with Crippen LogP contribution in [0.5, 0.6) is 0 Å². The van der Waals surface area contributed by atoms with Crippen LogP contribution in [0.4, 0.5) is 0 Å². The second-order valence-electron chi connectivity index (χ2n) is 6.14. The molecule has 2 rings (SSSR count). The van der Waals surface area contributed by atoms with Gasteiger partial charge in [0.1, 0.15) is 5.54 Å². The maximum Gasteiger partial charge on any atom is 0.109 e. The first-order valence-electron chi connectivity index (χ1n) is 7.77. The zero-order chi connectivity index (χ0) is 13.7. The Labute approximate surface area is 117 Å². The lowest BCUT2D eigenvalue weighted by Gasteiger charge is -2.35. The Balaban J connectivity index is 1.83. The quantitative estimate of drug-likeness (QED) is 0.813. The standard InChI is InChI=1S/C15H28N4/c1-3-17-15(13-16)7-4-5-14(15)6-8-19-11-9-18(2)10-12-19/h14,17H,3-12H2,1-2H3. The van der Waals surface area contributed by atoms with Crippen LogP contribution in [0, 0.1) is 17.2 Å². The lowest BCUT2D eigenvalue weighted by molar-refractivity contribution is 0.141. The van der Waals surface area contributed by atoms with Gasteiger partial charge in [0.2, 0.25) is 0 Å². The molecule has 0 spiro atoms. The highest BCUT2D eigenvalue weighted by Gasteiger charge is 2.42. The number of hydrogen-bond acceptors (Lipinski definition) is 4. The molecule has 2 atom stereocenters. The van der Waals surface area contributed by atoms with Crippen molar-refractivity contribution < 1.29 is 0 Å². The van der Waals surface area contributed by atoms with Crippen molar-refractivity contribution in [3.8, 4) is 6.07 Å². The van der Waals surface area contributed by atoms with E-state index in [0.717, 1.165) is 19.5 Å². The molecule has 1 N–H and O–H groups in total. The van der Waals surface area contributed by atoms with Crippen molar-refractivity contribution in [1.82, 2.24) is 15.1 Å². The molecule has 0 radical (unpaired) electrons. The molecule has 2 unspecified atom stereocenters. The normalized spacial score (nSPS) is 33.4. The van der Waals surface area contributed by atoms with E-state index in [1.807, 2.05) is 0 Å². The second-order valence-corrected chi connectivity index (χ2v) is 6.14. The number of nitriles is 1. The van der Waals surface area contributed by atoms with Gasteiger partial charge in [-0.05, 0) is 45.3 Å². The molecular formula is C15H28N4. The van der Waals surface area contributed by atoms with Gasteiger partial charge in [-0.15, -0.1) is 0 Å². The predicted molar refractivity (Wildman–Crippen MR) is 77.9 cm³/mol. The molecule has 1 heterocycles. The van der Waals surface area contributed by atoms with E-state index in [9.17, 15) is 5.26 Å². The molecule has 19 heavy (non-hydrogen) atoms. The number of nitrogens with one attached hydrogen (secondary N) is 1. The largest absolute Gasteiger partial charge is 0.304 e. The average Bonchev–Trinajstić information content (AvgIpc) is 2.82. The number of nitrogens with zero attached hydrogens (tertiary/aromatic N) is 3. The van der Waals surface area contributed by atoms with Gasteiger partial charge in [0, 0.05) is 26.2 Å². The summed E-state index contributed by atoms with van der Waals surface area (Å²) in [5.41, 5.74) is -0.235. The summed E-state index contributed by atoms with van der Waals surface area (Å²) in [6, 6.07) is 2.59. The Morgan fingerprint density at radius 1 is 1.32 bits per heavy atom. The molecule has 108 valence electrons. The van der Waals surface area contributed by atoms with Gasteiger partial charge in [-0.1, -0.05) is 13.3 Å². The van der Waals surface area contributed by atoms with Crippen LogP contribution >= 0.6 is 0 Å². The van der Waals surface area contributed by atoms with Gasteiger partial charge in [0.05, 0.1) is 6.07 Å². The maximum atomic E-state index is 9.56. The van der Waals surface area contributed by atoms with E-state index in [1.165, 1.54) is 45.4 Å². The summed E-state index contributed by atoms with van der Waals surface area (Å²) < 4.78 is 0. The van der Waals surface area contributed by atoms with Crippen LogP contribution in [0.25, 0.3) is 0 Å². The third-order valence-electron chi connectivity index (χ3n) is 4.90. The Bertz CT molecular complexity index is 317. The molecule has 1 saturated heterocycles. The van der Waals surface area contributed by atoms with Gasteiger partial charge in [-0.25, -0.2) is 0 Å². The van der Waals surface area contributed by atoms with Crippen LogP contribution in [0.15, 0.2) is 0 Å². The Hall–Kier alpha value is -0.630. The molecular weight excluding hydrogens is 236 g/mol. The second kappa shape index (κ2) is 6.69. The number of hydrogen-bond donors (Lipinski definition) is 1. The highest BCUT2D eigenvalue weighted by atomic mass is 15.2. The van der Waals surface area contributed by atoms with Crippen molar-refractivity contribution in [2.45, 2.75) is 38.1 Å². The molecule has 0 aromatic rings. The van der Waals surface area contributed by atoms with Crippen molar-refractivity contribution in [2.24, 2.45) is 5.92 Å². The van der Waals surface area contributed by atoms with Gasteiger partial charge >= 0.3 is 0 Å². The molecule has 0 aromatic heterocycles. The van der Waals surface area contributed by atoms with E-state index >= 15 is 0 Å². The highest BCUT2D eigenvalue weighted by molar-refractivity contribution is 5.14. The number of rotatable bonds is 5. The summed E-state index contributed by atoms with van der Waals surface area (Å²) in [6.07, 6.45) is 4.62. The molecule has 0 aromatic carbocycles. The smallest absolute Gasteiger partial charge is 0.109 e. The zero-order valence-corrected chi connectivity index (χ0v) is 12.5. The van der Waals surface area contributed by atoms with E-state index in [0.29, 0.717) is 5.92 Å². The number of likely N-dealkylation sites (N-methyl/N-ethyl adjacent to an activating group) is 1. The first-order valence-corrected chi connectivity index (χ1v) is 7.77. The summed E-state index contributed by atoms with van der Waals surface area (Å²) in [7, 11) is 2.19. The first-order chi connectivity index (χ1) is 9.20. The third kappa shape index (κ3) is 3.47. The van der Waals surface area contributed by atoms with Crippen LogP contribution in [0.3, 0.4) is 0 Å². The maximum absolute atomic E-state index is 9.56. The first kappa shape index (κ1) is 14.8. The fraction of sp³-hybridized carbons (Fsp3) is 0.933. The molecule has 4 heteroatoms. The van der Waals surface area contributed by atoms with Crippen molar-refractivity contribution in [2.75, 3.05) is 46.3 Å². The summed E-state index contributed by atoms with van der Waals surface area (Å²) in [6.45, 7) is 8.90. The molecule has 0 bridgehead atoms. The monoisotopic (exact) mass is 264 g/mol. The van der Waals surface area contributed by atoms with Gasteiger partial charge in [0.15, 0.2) is 0 Å². The van der Waals surface area contributed by atoms with Gasteiger partial charge in [-0.3, -0.25) is 5.32 Å². The van der Waals surface area contributed by atoms with E-state index < -0.39 is 0 Å². The van der Waals surface area contributed by atoms with E-state index in [2.05, 4.69) is 35.2 Å². The summed E-state index contributed by atoms with van der Waals surface area (Å²) in [5, 5.41) is 13.0. The van der Waals surface area contributed by atoms with Crippen LogP contribution in [0.2, 0.25) is 0 Å². The van der Waals surface area contributed by atoms with Crippen molar-refractivity contribution >= 4 is 0 Å². The highest BCUT2D eigenvalue weighted by Crippen LogP contribution is 2.37. The van der Waals surface area contributed by atoms with Crippen LogP contribution in [0.1, 0.15) is 32.6 Å². The SMILES string of the molecule is CCNC1(C#N)CCCC1CCN1CCN(C)CC1. The van der Waals surface area contributed by atoms with Crippen molar-refractivity contribution in [1.29, 1.82) is 5.26 Å². The van der Waals surface area contributed by atoms with Gasteiger partial charge < -0.3 is 9.80 Å². The lowest BCUT2D eigenvalue weighted by atomic mass is 9.85. The van der Waals surface area contributed by atoms with Crippen LogP contribution < -0.4 is 5.32 Å². The molecule has 0 amide bonds. The third-order valence-corrected chi connectivity index (χ3v) is 4.90. The summed E-state index contributed by atoms with van der Waals surface area (Å²) in [5.74, 6) is 0.539. The Morgan fingerprint density at radius 3 is 2.68 bits per heavy atom. The Kier molecular flexibility index (Phi) is 5.20. The summed E-state index contributed by atoms with van der Waals surface area (Å²) in [4.78, 5) is 4.96. The lowest BCUT2D eigenvalue weighted by Crippen LogP contribution is -2.49. The van der Waals surface area contributed by atoms with Crippen molar-refractivity contribution in [3.63, 3.8) is 0 Å². The predicted octanol–water partition coefficient (Wildman–Crippen LogP) is 1.30. The Morgan fingerprint density at radius 2 is 2.05 bits per heavy atom. The van der Waals surface area contributed by atoms with E-state index in [1.54, 1.807) is 0 Å². The van der Waals surface area contributed by atoms with E-state index in [4.69, 9.17) is 0 Å². The number of piperazine rings is 1. The van der Waals surface area contributed by atoms with Gasteiger partial charge in [-0.2, -0.15) is 5.26 Å². The molecule has 2 fully saturated rings. The fourth-order valence-corrected chi connectivity index (χ4v) is 3.61. The fourth-order valence-electron chi connectivity index (χ4n) is 3.61. The molecule has 4 nitrogen and oxygen atoms in total. The van der Waals surface area contributed by atoms with Crippen LogP contribution in [-0.2, 0) is 0 Å². The minimum atomic E-state index is -0.235. The molecule has 1 saturated carbocycles. The summed E-state index contributed by atoms with van der Waals surface area (Å²) >= 11 is 0. The minimum Gasteiger partial charge on any atom is -0.304 e. The van der Waals surface area contributed by atoms with Crippen LogP contribution in [-0.4, -0.2) is 61.7 Å². The molecule has 1 aliphatic heterocycles. The van der Waals surface area contributed by atoms with Crippen molar-refractivity contribution in [3.05, 3.63) is 0 Å². The molecule has 2 aliphatic rings.